The molecule has 5 aliphatic rings. The van der Waals surface area contributed by atoms with E-state index in [2.05, 4.69) is 41.5 Å². The summed E-state index contributed by atoms with van der Waals surface area (Å²) < 4.78 is 0. The van der Waals surface area contributed by atoms with E-state index in [0.717, 1.165) is 37.7 Å². The number of aliphatic hydroxyl groups excluding tert-OH is 3. The molecule has 0 amide bonds. The van der Waals surface area contributed by atoms with Gasteiger partial charge >= 0.3 is 0 Å². The van der Waals surface area contributed by atoms with E-state index in [4.69, 9.17) is 0 Å². The number of allylic oxidation sites excluding steroid dienone is 2. The molecule has 0 radical (unpaired) electrons. The number of carbonyl (C=O) groups is 1. The van der Waals surface area contributed by atoms with Crippen molar-refractivity contribution in [3.05, 3.63) is 11.3 Å². The van der Waals surface area contributed by atoms with Crippen LogP contribution in [0.1, 0.15) is 99.8 Å². The minimum Gasteiger partial charge on any atom is -0.504 e. The topological polar surface area (TPSA) is 77.8 Å². The molecule has 0 saturated heterocycles. The van der Waals surface area contributed by atoms with Gasteiger partial charge in [0.15, 0.2) is 5.76 Å². The molecular formula is C30H48O4. The first-order valence-corrected chi connectivity index (χ1v) is 14.0. The summed E-state index contributed by atoms with van der Waals surface area (Å²) in [5.74, 6) is 1.15. The first kappa shape index (κ1) is 24.8. The third kappa shape index (κ3) is 2.71. The third-order valence-electron chi connectivity index (χ3n) is 13.4. The third-order valence-corrected chi connectivity index (χ3v) is 13.4. The lowest BCUT2D eigenvalue weighted by Gasteiger charge is -2.70. The van der Waals surface area contributed by atoms with Crippen LogP contribution in [0.5, 0.6) is 0 Å². The van der Waals surface area contributed by atoms with Crippen LogP contribution in [0.2, 0.25) is 0 Å². The Balaban J connectivity index is 1.69. The maximum absolute atomic E-state index is 14.3. The Morgan fingerprint density at radius 3 is 2.24 bits per heavy atom. The monoisotopic (exact) mass is 472 g/mol. The van der Waals surface area contributed by atoms with Crippen LogP contribution in [-0.4, -0.2) is 33.8 Å². The largest absolute Gasteiger partial charge is 0.504 e. The summed E-state index contributed by atoms with van der Waals surface area (Å²) in [6, 6.07) is 0. The number of carbonyl (C=O) groups excluding carboxylic acids is 1. The highest BCUT2D eigenvalue weighted by molar-refractivity contribution is 5.98. The number of ketones is 1. The molecule has 0 aliphatic heterocycles. The fourth-order valence-electron chi connectivity index (χ4n) is 10.8. The van der Waals surface area contributed by atoms with E-state index in [1.54, 1.807) is 0 Å². The predicted octanol–water partition coefficient (Wildman–Crippen LogP) is 6.06. The van der Waals surface area contributed by atoms with E-state index >= 15 is 0 Å². The molecule has 11 atom stereocenters. The Morgan fingerprint density at radius 1 is 0.912 bits per heavy atom. The fraction of sp³-hybridized carbons (Fsp3) is 0.900. The van der Waals surface area contributed by atoms with Crippen LogP contribution in [0.3, 0.4) is 0 Å². The maximum atomic E-state index is 14.3. The van der Waals surface area contributed by atoms with E-state index in [9.17, 15) is 20.1 Å². The fourth-order valence-corrected chi connectivity index (χ4v) is 10.8. The maximum Gasteiger partial charge on any atom is 0.201 e. The zero-order valence-corrected chi connectivity index (χ0v) is 22.6. The smallest absolute Gasteiger partial charge is 0.201 e. The Morgan fingerprint density at radius 2 is 1.59 bits per heavy atom. The second-order valence-corrected chi connectivity index (χ2v) is 14.6. The second-order valence-electron chi connectivity index (χ2n) is 14.6. The molecule has 4 heteroatoms. The van der Waals surface area contributed by atoms with Gasteiger partial charge in [-0.25, -0.2) is 0 Å². The van der Waals surface area contributed by atoms with Crippen LogP contribution in [0.25, 0.3) is 0 Å². The highest BCUT2D eigenvalue weighted by Crippen LogP contribution is 2.75. The molecule has 5 aliphatic carbocycles. The summed E-state index contributed by atoms with van der Waals surface area (Å²) in [6.07, 6.45) is 7.25. The molecule has 5 rings (SSSR count). The number of aliphatic hydroxyl groups is 3. The summed E-state index contributed by atoms with van der Waals surface area (Å²) >= 11 is 0. The van der Waals surface area contributed by atoms with Crippen molar-refractivity contribution in [3.8, 4) is 0 Å². The molecule has 4 saturated carbocycles. The van der Waals surface area contributed by atoms with E-state index < -0.39 is 11.5 Å². The predicted molar refractivity (Wildman–Crippen MR) is 134 cm³/mol. The zero-order valence-electron chi connectivity index (χ0n) is 22.6. The first-order valence-electron chi connectivity index (χ1n) is 14.0. The quantitative estimate of drug-likeness (QED) is 0.433. The summed E-state index contributed by atoms with van der Waals surface area (Å²) in [7, 11) is 0. The van der Waals surface area contributed by atoms with Crippen molar-refractivity contribution in [3.63, 3.8) is 0 Å². The molecule has 0 bridgehead atoms. The van der Waals surface area contributed by atoms with E-state index in [0.29, 0.717) is 18.3 Å². The lowest BCUT2D eigenvalue weighted by atomic mass is 9.33. The van der Waals surface area contributed by atoms with Gasteiger partial charge in [0.25, 0.3) is 0 Å². The van der Waals surface area contributed by atoms with Gasteiger partial charge in [0.05, 0.1) is 12.7 Å². The van der Waals surface area contributed by atoms with Crippen LogP contribution in [0.4, 0.5) is 0 Å². The number of rotatable bonds is 1. The highest BCUT2D eigenvalue weighted by Gasteiger charge is 2.72. The summed E-state index contributed by atoms with van der Waals surface area (Å²) in [4.78, 5) is 14.3. The Hall–Kier alpha value is -0.870. The molecule has 34 heavy (non-hydrogen) atoms. The van der Waals surface area contributed by atoms with Crippen LogP contribution in [0.15, 0.2) is 11.3 Å². The van der Waals surface area contributed by atoms with Crippen molar-refractivity contribution >= 4 is 5.78 Å². The van der Waals surface area contributed by atoms with Crippen molar-refractivity contribution in [2.45, 2.75) is 106 Å². The zero-order chi connectivity index (χ0) is 25.1. The minimum atomic E-state index is -0.604. The highest BCUT2D eigenvalue weighted by atomic mass is 16.3. The molecule has 0 heterocycles. The van der Waals surface area contributed by atoms with Gasteiger partial charge < -0.3 is 15.3 Å². The molecular weight excluding hydrogens is 424 g/mol. The number of Topliss-reactive ketones (excluding diaryl/α,β-unsaturated/α-hetero) is 1. The Kier molecular flexibility index (Phi) is 5.36. The van der Waals surface area contributed by atoms with Crippen molar-refractivity contribution in [2.24, 2.45) is 56.7 Å². The van der Waals surface area contributed by atoms with Gasteiger partial charge in [0.2, 0.25) is 5.78 Å². The average Bonchev–Trinajstić information content (AvgIpc) is 2.78. The van der Waals surface area contributed by atoms with Gasteiger partial charge in [-0.05, 0) is 102 Å². The van der Waals surface area contributed by atoms with Gasteiger partial charge in [-0.3, -0.25) is 4.79 Å². The van der Waals surface area contributed by atoms with Crippen LogP contribution >= 0.6 is 0 Å². The molecule has 3 N–H and O–H groups in total. The van der Waals surface area contributed by atoms with Crippen molar-refractivity contribution < 1.29 is 20.1 Å². The standard InChI is InChI=1S/C30H48O4/c1-17-8-11-26(3)14-15-29(6)22(21(26)18(17)2)23(33)24(34)25-27(4)12-10-20(32)28(5,16-31)19(27)9-13-30(25,29)7/h17-21,25,31-33H,8-16H2,1-7H3. The van der Waals surface area contributed by atoms with Crippen molar-refractivity contribution in [2.75, 3.05) is 6.61 Å². The number of hydrogen-bond acceptors (Lipinski definition) is 4. The van der Waals surface area contributed by atoms with Gasteiger partial charge in [0.1, 0.15) is 0 Å². The minimum absolute atomic E-state index is 0.0477. The van der Waals surface area contributed by atoms with E-state index in [1.807, 2.05) is 6.92 Å². The second kappa shape index (κ2) is 7.34. The molecule has 0 spiro atoms. The van der Waals surface area contributed by atoms with E-state index in [1.165, 1.54) is 12.8 Å². The molecule has 4 fully saturated rings. The molecule has 0 aromatic carbocycles. The average molecular weight is 473 g/mol. The van der Waals surface area contributed by atoms with E-state index in [-0.39, 0.29) is 57.6 Å². The molecule has 0 aromatic rings. The molecule has 4 nitrogen and oxygen atoms in total. The Bertz CT molecular complexity index is 925. The summed E-state index contributed by atoms with van der Waals surface area (Å²) in [5.41, 5.74) is -0.124. The number of fused-ring (bicyclic) bond motifs is 7. The molecule has 0 aromatic heterocycles. The lowest BCUT2D eigenvalue weighted by molar-refractivity contribution is -0.216. The van der Waals surface area contributed by atoms with Gasteiger partial charge in [-0.2, -0.15) is 0 Å². The first-order chi connectivity index (χ1) is 15.7. The van der Waals surface area contributed by atoms with Crippen LogP contribution in [-0.2, 0) is 4.79 Å². The SMILES string of the molecule is CC1CCC2(C)CCC3(C)C(=C(O)C(=O)C4C5(C)CCC(O)C(C)(CO)C5CCC43C)C2C1C. The molecule has 192 valence electrons. The summed E-state index contributed by atoms with van der Waals surface area (Å²) in [5, 5.41) is 33.1. The van der Waals surface area contributed by atoms with Gasteiger partial charge in [-0.1, -0.05) is 48.5 Å². The normalized spacial score (nSPS) is 57.4. The van der Waals surface area contributed by atoms with Gasteiger partial charge in [0, 0.05) is 11.3 Å². The van der Waals surface area contributed by atoms with Crippen molar-refractivity contribution in [1.82, 2.24) is 0 Å². The van der Waals surface area contributed by atoms with Crippen LogP contribution in [0, 0.1) is 56.7 Å². The number of hydrogen-bond donors (Lipinski definition) is 3. The summed E-state index contributed by atoms with van der Waals surface area (Å²) in [6.45, 7) is 16.0. The van der Waals surface area contributed by atoms with Gasteiger partial charge in [-0.15, -0.1) is 0 Å². The Labute approximate surface area is 206 Å². The van der Waals surface area contributed by atoms with Crippen molar-refractivity contribution in [1.29, 1.82) is 0 Å². The van der Waals surface area contributed by atoms with Crippen LogP contribution < -0.4 is 0 Å². The molecule has 11 unspecified atom stereocenters. The lowest BCUT2D eigenvalue weighted by Crippen LogP contribution is -2.68.